The summed E-state index contributed by atoms with van der Waals surface area (Å²) in [6.45, 7) is 2.01. The largest absolute Gasteiger partial charge is 0.269 e. The standard InChI is InChI=1S/C16H18N4O2/c1-2-3-11-16(18-19-17,12-13-7-5-4-6-8-13)20-14(21)9-10-15(20)22/h4-10H,2-3,11-12H2,1H3. The molecule has 0 spiro atoms. The van der Waals surface area contributed by atoms with Gasteiger partial charge in [-0.15, -0.1) is 0 Å². The second kappa shape index (κ2) is 6.91. The van der Waals surface area contributed by atoms with Gasteiger partial charge in [0.15, 0.2) is 0 Å². The Morgan fingerprint density at radius 3 is 2.36 bits per heavy atom. The van der Waals surface area contributed by atoms with E-state index in [-0.39, 0.29) is 0 Å². The maximum absolute atomic E-state index is 12.1. The van der Waals surface area contributed by atoms with Crippen molar-refractivity contribution in [3.8, 4) is 0 Å². The van der Waals surface area contributed by atoms with Gasteiger partial charge in [-0.05, 0) is 17.5 Å². The van der Waals surface area contributed by atoms with Gasteiger partial charge < -0.3 is 0 Å². The minimum absolute atomic E-state index is 0.317. The number of amides is 2. The number of hydrogen-bond donors (Lipinski definition) is 0. The van der Waals surface area contributed by atoms with Crippen LogP contribution in [0.2, 0.25) is 0 Å². The fraction of sp³-hybridized carbons (Fsp3) is 0.375. The molecule has 0 aliphatic carbocycles. The van der Waals surface area contributed by atoms with Gasteiger partial charge >= 0.3 is 0 Å². The third-order valence-corrected chi connectivity index (χ3v) is 3.72. The Bertz CT molecular complexity index is 617. The van der Waals surface area contributed by atoms with Crippen molar-refractivity contribution in [3.63, 3.8) is 0 Å². The van der Waals surface area contributed by atoms with E-state index in [1.54, 1.807) is 0 Å². The molecule has 1 unspecified atom stereocenters. The normalized spacial score (nSPS) is 16.5. The van der Waals surface area contributed by atoms with Gasteiger partial charge in [-0.25, -0.2) is 0 Å². The van der Waals surface area contributed by atoms with Crippen molar-refractivity contribution in [2.45, 2.75) is 38.3 Å². The van der Waals surface area contributed by atoms with Gasteiger partial charge in [-0.2, -0.15) is 0 Å². The van der Waals surface area contributed by atoms with E-state index in [9.17, 15) is 9.59 Å². The maximum Gasteiger partial charge on any atom is 0.254 e. The molecule has 0 saturated carbocycles. The van der Waals surface area contributed by atoms with Crippen LogP contribution in [-0.2, 0) is 16.0 Å². The minimum atomic E-state index is -1.19. The third-order valence-electron chi connectivity index (χ3n) is 3.72. The lowest BCUT2D eigenvalue weighted by atomic mass is 9.93. The van der Waals surface area contributed by atoms with Gasteiger partial charge in [0.1, 0.15) is 5.66 Å². The van der Waals surface area contributed by atoms with Crippen LogP contribution in [-0.4, -0.2) is 22.4 Å². The van der Waals surface area contributed by atoms with Crippen molar-refractivity contribution < 1.29 is 9.59 Å². The topological polar surface area (TPSA) is 86.1 Å². The first-order chi connectivity index (χ1) is 10.6. The molecular formula is C16H18N4O2. The molecule has 2 rings (SSSR count). The summed E-state index contributed by atoms with van der Waals surface area (Å²) in [7, 11) is 0. The van der Waals surface area contributed by atoms with Gasteiger partial charge in [0.2, 0.25) is 0 Å². The fourth-order valence-corrected chi connectivity index (χ4v) is 2.69. The van der Waals surface area contributed by atoms with Crippen molar-refractivity contribution in [1.82, 2.24) is 4.90 Å². The second-order valence-electron chi connectivity index (χ2n) is 5.28. The molecule has 0 bridgehead atoms. The molecule has 1 heterocycles. The fourth-order valence-electron chi connectivity index (χ4n) is 2.69. The predicted octanol–water partition coefficient (Wildman–Crippen LogP) is 3.35. The Labute approximate surface area is 129 Å². The summed E-state index contributed by atoms with van der Waals surface area (Å²) in [5, 5.41) is 3.90. The molecule has 6 nitrogen and oxygen atoms in total. The number of rotatable bonds is 7. The first-order valence-corrected chi connectivity index (χ1v) is 7.29. The molecule has 22 heavy (non-hydrogen) atoms. The third kappa shape index (κ3) is 3.18. The molecule has 0 radical (unpaired) electrons. The summed E-state index contributed by atoms with van der Waals surface area (Å²) < 4.78 is 0. The quantitative estimate of drug-likeness (QED) is 0.334. The maximum atomic E-state index is 12.1. The lowest BCUT2D eigenvalue weighted by Gasteiger charge is -2.36. The average molecular weight is 298 g/mol. The smallest absolute Gasteiger partial charge is 0.254 e. The molecule has 114 valence electrons. The van der Waals surface area contributed by atoms with E-state index in [1.165, 1.54) is 12.2 Å². The van der Waals surface area contributed by atoms with Crippen LogP contribution in [0.5, 0.6) is 0 Å². The summed E-state index contributed by atoms with van der Waals surface area (Å²) in [6, 6.07) is 9.43. The van der Waals surface area contributed by atoms with Gasteiger partial charge in [-0.3, -0.25) is 14.5 Å². The van der Waals surface area contributed by atoms with Gasteiger partial charge in [0.05, 0.1) is 0 Å². The molecule has 1 atom stereocenters. The number of imide groups is 1. The molecular weight excluding hydrogens is 280 g/mol. The zero-order valence-corrected chi connectivity index (χ0v) is 12.5. The Hall–Kier alpha value is -2.59. The van der Waals surface area contributed by atoms with E-state index in [1.807, 2.05) is 37.3 Å². The number of carbonyl (C=O) groups excluding carboxylic acids is 2. The molecule has 0 aromatic heterocycles. The molecule has 6 heteroatoms. The van der Waals surface area contributed by atoms with Crippen molar-refractivity contribution in [2.75, 3.05) is 0 Å². The summed E-state index contributed by atoms with van der Waals surface area (Å²) >= 11 is 0. The van der Waals surface area contributed by atoms with Crippen LogP contribution >= 0.6 is 0 Å². The molecule has 2 amide bonds. The van der Waals surface area contributed by atoms with Crippen molar-refractivity contribution >= 4 is 11.8 Å². The predicted molar refractivity (Wildman–Crippen MR) is 82.5 cm³/mol. The Morgan fingerprint density at radius 2 is 1.82 bits per heavy atom. The SMILES string of the molecule is CCCCC(Cc1ccccc1)(N=[N+]=[N-])N1C(=O)C=CC1=O. The Morgan fingerprint density at radius 1 is 1.18 bits per heavy atom. The average Bonchev–Trinajstić information content (AvgIpc) is 2.86. The minimum Gasteiger partial charge on any atom is -0.269 e. The molecule has 1 aliphatic heterocycles. The number of hydrogen-bond acceptors (Lipinski definition) is 3. The molecule has 1 aromatic rings. The van der Waals surface area contributed by atoms with Gasteiger partial charge in [-0.1, -0.05) is 55.2 Å². The zero-order valence-electron chi connectivity index (χ0n) is 12.5. The van der Waals surface area contributed by atoms with Crippen LogP contribution < -0.4 is 0 Å². The number of nitrogens with zero attached hydrogens (tertiary/aromatic N) is 4. The van der Waals surface area contributed by atoms with E-state index >= 15 is 0 Å². The van der Waals surface area contributed by atoms with E-state index in [0.29, 0.717) is 12.8 Å². The Kier molecular flexibility index (Phi) is 4.96. The van der Waals surface area contributed by atoms with E-state index in [2.05, 4.69) is 10.0 Å². The highest BCUT2D eigenvalue weighted by Gasteiger charge is 2.43. The highest BCUT2D eigenvalue weighted by molar-refractivity contribution is 6.13. The lowest BCUT2D eigenvalue weighted by molar-refractivity contribution is -0.144. The number of carbonyl (C=O) groups is 2. The van der Waals surface area contributed by atoms with Crippen LogP contribution in [0.3, 0.4) is 0 Å². The molecule has 1 aliphatic rings. The van der Waals surface area contributed by atoms with Crippen LogP contribution in [0.1, 0.15) is 31.7 Å². The van der Waals surface area contributed by atoms with Gasteiger partial charge in [0.25, 0.3) is 11.8 Å². The zero-order chi connectivity index (χ0) is 16.0. The van der Waals surface area contributed by atoms with E-state index in [4.69, 9.17) is 5.53 Å². The van der Waals surface area contributed by atoms with E-state index < -0.39 is 17.5 Å². The van der Waals surface area contributed by atoms with Crippen LogP contribution in [0.25, 0.3) is 10.4 Å². The molecule has 0 saturated heterocycles. The summed E-state index contributed by atoms with van der Waals surface area (Å²) in [5.74, 6) is -0.853. The Balaban J connectivity index is 2.43. The highest BCUT2D eigenvalue weighted by Crippen LogP contribution is 2.32. The summed E-state index contributed by atoms with van der Waals surface area (Å²) in [6.07, 6.45) is 4.84. The summed E-state index contributed by atoms with van der Waals surface area (Å²) in [5.41, 5.74) is 8.73. The number of benzene rings is 1. The van der Waals surface area contributed by atoms with Crippen LogP contribution in [0.15, 0.2) is 47.6 Å². The lowest BCUT2D eigenvalue weighted by Crippen LogP contribution is -2.52. The van der Waals surface area contributed by atoms with Crippen LogP contribution in [0.4, 0.5) is 0 Å². The summed E-state index contributed by atoms with van der Waals surface area (Å²) in [4.78, 5) is 28.2. The number of azide groups is 1. The molecule has 0 N–H and O–H groups in total. The molecule has 1 aromatic carbocycles. The molecule has 0 fully saturated rings. The van der Waals surface area contributed by atoms with Crippen LogP contribution in [0, 0.1) is 0 Å². The first kappa shape index (κ1) is 15.8. The van der Waals surface area contributed by atoms with E-state index in [0.717, 1.165) is 23.3 Å². The van der Waals surface area contributed by atoms with Crippen molar-refractivity contribution in [2.24, 2.45) is 5.11 Å². The van der Waals surface area contributed by atoms with Gasteiger partial charge in [0, 0.05) is 23.5 Å². The first-order valence-electron chi connectivity index (χ1n) is 7.29. The monoisotopic (exact) mass is 298 g/mol. The van der Waals surface area contributed by atoms with Crippen molar-refractivity contribution in [3.05, 3.63) is 58.5 Å². The second-order valence-corrected chi connectivity index (χ2v) is 5.28. The number of unbranched alkanes of at least 4 members (excludes halogenated alkanes) is 1. The van der Waals surface area contributed by atoms with Crippen molar-refractivity contribution in [1.29, 1.82) is 0 Å². The highest BCUT2D eigenvalue weighted by atomic mass is 16.2.